The third-order valence-electron chi connectivity index (χ3n) is 7.26. The van der Waals surface area contributed by atoms with Gasteiger partial charge in [-0.3, -0.25) is 19.3 Å². The topological polar surface area (TPSA) is 101 Å². The van der Waals surface area contributed by atoms with E-state index < -0.39 is 11.4 Å². The summed E-state index contributed by atoms with van der Waals surface area (Å²) in [5.41, 5.74) is 2.01. The lowest BCUT2D eigenvalue weighted by Crippen LogP contribution is -2.33. The maximum Gasteiger partial charge on any atom is 0.259 e. The second kappa shape index (κ2) is 11.7. The minimum atomic E-state index is -0.529. The molecule has 1 saturated heterocycles. The summed E-state index contributed by atoms with van der Waals surface area (Å²) in [5, 5.41) is 2.92. The number of anilines is 5. The molecule has 1 saturated carbocycles. The zero-order valence-corrected chi connectivity index (χ0v) is 23.6. The highest BCUT2D eigenvalue weighted by Crippen LogP contribution is 2.37. The van der Waals surface area contributed by atoms with Gasteiger partial charge in [-0.15, -0.1) is 0 Å². The summed E-state index contributed by atoms with van der Waals surface area (Å²) in [7, 11) is 1.70. The van der Waals surface area contributed by atoms with Crippen molar-refractivity contribution in [2.24, 2.45) is 0 Å². The third-order valence-corrected chi connectivity index (χ3v) is 8.21. The van der Waals surface area contributed by atoms with Crippen molar-refractivity contribution in [1.82, 2.24) is 14.2 Å². The van der Waals surface area contributed by atoms with Gasteiger partial charge in [-0.2, -0.15) is 0 Å². The van der Waals surface area contributed by atoms with Crippen LogP contribution in [-0.4, -0.2) is 52.7 Å². The number of aromatic amines is 1. The molecule has 1 aliphatic heterocycles. The fraction of sp³-hybridized carbons (Fsp3) is 0.345. The monoisotopic (exact) mass is 564 g/mol. The lowest BCUT2D eigenvalue weighted by Gasteiger charge is -2.27. The summed E-state index contributed by atoms with van der Waals surface area (Å²) in [5.74, 6) is -0.882. The van der Waals surface area contributed by atoms with Gasteiger partial charge in [0.15, 0.2) is 0 Å². The number of aromatic nitrogens is 1. The molecule has 3 aromatic rings. The Hall–Kier alpha value is -3.83. The first-order valence-corrected chi connectivity index (χ1v) is 14.1. The molecule has 1 aliphatic carbocycles. The molecule has 0 radical (unpaired) electrons. The van der Waals surface area contributed by atoms with Gasteiger partial charge in [0.25, 0.3) is 11.5 Å². The average molecular weight is 565 g/mol. The molecule has 2 aromatic carbocycles. The summed E-state index contributed by atoms with van der Waals surface area (Å²) < 4.78 is 20.4. The largest absolute Gasteiger partial charge is 0.339 e. The Morgan fingerprint density at radius 3 is 2.58 bits per heavy atom. The van der Waals surface area contributed by atoms with E-state index in [2.05, 4.69) is 19.3 Å². The Kier molecular flexibility index (Phi) is 8.13. The maximum absolute atomic E-state index is 14.8. The van der Waals surface area contributed by atoms with Gasteiger partial charge in [-0.05, 0) is 75.4 Å². The molecule has 2 heterocycles. The number of aryl methyl sites for hydroxylation is 1. The van der Waals surface area contributed by atoms with Crippen molar-refractivity contribution >= 4 is 53.0 Å². The summed E-state index contributed by atoms with van der Waals surface area (Å²) in [4.78, 5) is 45.4. The van der Waals surface area contributed by atoms with Crippen LogP contribution in [0.25, 0.3) is 0 Å². The molecular formula is C29H33FN6O3S. The first-order valence-electron chi connectivity index (χ1n) is 13.4. The Morgan fingerprint density at radius 1 is 1.15 bits per heavy atom. The molecule has 11 heteroatoms. The van der Waals surface area contributed by atoms with Crippen LogP contribution in [0.1, 0.15) is 47.2 Å². The zero-order chi connectivity index (χ0) is 28.4. The Labute approximate surface area is 237 Å². The molecule has 40 heavy (non-hydrogen) atoms. The third kappa shape index (κ3) is 5.85. The van der Waals surface area contributed by atoms with E-state index in [1.165, 1.54) is 23.1 Å². The minimum absolute atomic E-state index is 0.0246. The number of rotatable bonds is 10. The predicted octanol–water partition coefficient (Wildman–Crippen LogP) is 5.47. The number of pyridine rings is 1. The first kappa shape index (κ1) is 27.7. The Bertz CT molecular complexity index is 1490. The van der Waals surface area contributed by atoms with Crippen LogP contribution in [0.3, 0.4) is 0 Å². The molecule has 1 aromatic heterocycles. The van der Waals surface area contributed by atoms with Crippen LogP contribution in [0.15, 0.2) is 47.3 Å². The fourth-order valence-electron chi connectivity index (χ4n) is 4.81. The number of hydrogen-bond acceptors (Lipinski definition) is 7. The van der Waals surface area contributed by atoms with Crippen molar-refractivity contribution in [3.05, 3.63) is 75.3 Å². The van der Waals surface area contributed by atoms with E-state index in [1.807, 2.05) is 6.07 Å². The number of carbonyl (C=O) groups is 2. The second-order valence-electron chi connectivity index (χ2n) is 10.3. The highest BCUT2D eigenvalue weighted by Gasteiger charge is 2.35. The first-order chi connectivity index (χ1) is 19.3. The van der Waals surface area contributed by atoms with Crippen molar-refractivity contribution in [2.45, 2.75) is 45.6 Å². The summed E-state index contributed by atoms with van der Waals surface area (Å²) in [6.07, 6.45) is 4.65. The van der Waals surface area contributed by atoms with Crippen molar-refractivity contribution in [1.29, 1.82) is 0 Å². The molecule has 0 spiro atoms. The molecule has 2 aliphatic rings. The maximum atomic E-state index is 14.8. The standard InChI is InChI=1S/C29H33FN6O3S/c1-18-9-12-24(23(30)15-18)31-27-25(29(39)34(3)21-10-11-21)26(19(2)28(38)32-27)36(17-37)22-8-6-7-20(16-22)33-40-35-13-4-5-14-35/h6-9,12,15-17,21,33H,4-5,10-11,13-14H2,1-3H3,(H2,31,32,38). The molecule has 0 atom stereocenters. The molecule has 0 bridgehead atoms. The number of benzene rings is 2. The van der Waals surface area contributed by atoms with Gasteiger partial charge < -0.3 is 19.9 Å². The normalized spacial score (nSPS) is 15.1. The highest BCUT2D eigenvalue weighted by atomic mass is 32.2. The van der Waals surface area contributed by atoms with Crippen molar-refractivity contribution in [2.75, 3.05) is 35.1 Å². The molecule has 9 nitrogen and oxygen atoms in total. The zero-order valence-electron chi connectivity index (χ0n) is 22.8. The number of H-pyrrole nitrogens is 1. The summed E-state index contributed by atoms with van der Waals surface area (Å²) in [6.45, 7) is 5.34. The van der Waals surface area contributed by atoms with E-state index >= 15 is 0 Å². The molecular weight excluding hydrogens is 531 g/mol. The number of amides is 2. The molecule has 210 valence electrons. The van der Waals surface area contributed by atoms with Gasteiger partial charge in [0.2, 0.25) is 6.41 Å². The number of carbonyl (C=O) groups excluding carboxylic acids is 2. The van der Waals surface area contributed by atoms with Crippen LogP contribution >= 0.6 is 12.1 Å². The quantitative estimate of drug-likeness (QED) is 0.222. The molecule has 2 fully saturated rings. The van der Waals surface area contributed by atoms with E-state index in [9.17, 15) is 18.8 Å². The van der Waals surface area contributed by atoms with Gasteiger partial charge in [-0.1, -0.05) is 12.1 Å². The number of nitrogens with zero attached hydrogens (tertiary/aromatic N) is 3. The van der Waals surface area contributed by atoms with Gasteiger partial charge in [0, 0.05) is 49.6 Å². The number of halogens is 1. The lowest BCUT2D eigenvalue weighted by atomic mass is 10.1. The molecule has 5 rings (SSSR count). The van der Waals surface area contributed by atoms with E-state index in [0.29, 0.717) is 12.1 Å². The van der Waals surface area contributed by atoms with Crippen LogP contribution < -0.4 is 20.5 Å². The van der Waals surface area contributed by atoms with Crippen LogP contribution in [0, 0.1) is 19.7 Å². The van der Waals surface area contributed by atoms with Crippen LogP contribution in [0.5, 0.6) is 0 Å². The lowest BCUT2D eigenvalue weighted by molar-refractivity contribution is -0.106. The van der Waals surface area contributed by atoms with Crippen LogP contribution in [0.2, 0.25) is 0 Å². The van der Waals surface area contributed by atoms with E-state index in [4.69, 9.17) is 0 Å². The highest BCUT2D eigenvalue weighted by molar-refractivity contribution is 7.98. The van der Waals surface area contributed by atoms with Crippen molar-refractivity contribution in [3.8, 4) is 0 Å². The second-order valence-corrected chi connectivity index (χ2v) is 11.2. The molecule has 2 amide bonds. The van der Waals surface area contributed by atoms with E-state index in [0.717, 1.165) is 50.0 Å². The Balaban J connectivity index is 1.59. The fourth-order valence-corrected chi connectivity index (χ4v) is 5.61. The summed E-state index contributed by atoms with van der Waals surface area (Å²) >= 11 is 1.51. The van der Waals surface area contributed by atoms with Crippen molar-refractivity contribution in [3.63, 3.8) is 0 Å². The SMILES string of the molecule is Cc1ccc(Nc2[nH]c(=O)c(C)c(N(C=O)c3cccc(NSN4CCCC4)c3)c2C(=O)N(C)C2CC2)c(F)c1. The smallest absolute Gasteiger partial charge is 0.259 e. The Morgan fingerprint density at radius 2 is 1.90 bits per heavy atom. The summed E-state index contributed by atoms with van der Waals surface area (Å²) in [6, 6.07) is 11.9. The number of nitrogens with one attached hydrogen (secondary N) is 3. The van der Waals surface area contributed by atoms with E-state index in [-0.39, 0.29) is 40.3 Å². The van der Waals surface area contributed by atoms with E-state index in [1.54, 1.807) is 56.1 Å². The minimum Gasteiger partial charge on any atom is -0.339 e. The predicted molar refractivity (Wildman–Crippen MR) is 158 cm³/mol. The van der Waals surface area contributed by atoms with Gasteiger partial charge in [-0.25, -0.2) is 8.70 Å². The molecule has 3 N–H and O–H groups in total. The average Bonchev–Trinajstić information content (AvgIpc) is 3.66. The van der Waals surface area contributed by atoms with Crippen molar-refractivity contribution < 1.29 is 14.0 Å². The van der Waals surface area contributed by atoms with Crippen LogP contribution in [-0.2, 0) is 4.79 Å². The number of hydrogen-bond donors (Lipinski definition) is 3. The van der Waals surface area contributed by atoms with Gasteiger partial charge in [0.1, 0.15) is 17.2 Å². The van der Waals surface area contributed by atoms with Crippen LogP contribution in [0.4, 0.5) is 33.0 Å². The van der Waals surface area contributed by atoms with Gasteiger partial charge in [0.05, 0.1) is 17.1 Å². The molecule has 0 unspecified atom stereocenters. The van der Waals surface area contributed by atoms with Gasteiger partial charge >= 0.3 is 0 Å².